The highest BCUT2D eigenvalue weighted by Gasteiger charge is 2.15. The summed E-state index contributed by atoms with van der Waals surface area (Å²) < 4.78 is 38.3. The summed E-state index contributed by atoms with van der Waals surface area (Å²) in [7, 11) is -0.0376. The molecule has 3 aromatic rings. The second-order valence-electron chi connectivity index (χ2n) is 6.38. The molecule has 1 aliphatic heterocycles. The number of nitrogens with zero attached hydrogens (tertiary/aromatic N) is 3. The molecule has 0 radical (unpaired) electrons. The molecule has 0 spiro atoms. The Morgan fingerprint density at radius 1 is 1.24 bits per heavy atom. The van der Waals surface area contributed by atoms with Crippen LogP contribution in [0.2, 0.25) is 0 Å². The smallest absolute Gasteiger partial charge is 0.255 e. The minimum atomic E-state index is -0.706. The highest BCUT2D eigenvalue weighted by atomic mass is 32.2. The molecule has 4 rings (SSSR count). The van der Waals surface area contributed by atoms with E-state index in [0.29, 0.717) is 16.9 Å². The number of carbonyl (C=O) groups excluding carboxylic acids is 1. The Bertz CT molecular complexity index is 1130. The molecule has 29 heavy (non-hydrogen) atoms. The van der Waals surface area contributed by atoms with Gasteiger partial charge < -0.3 is 15.8 Å². The maximum Gasteiger partial charge on any atom is 0.255 e. The second-order valence-corrected chi connectivity index (χ2v) is 8.30. The molecule has 2 heterocycles. The van der Waals surface area contributed by atoms with E-state index >= 15 is 0 Å². The van der Waals surface area contributed by atoms with Crippen molar-refractivity contribution in [3.8, 4) is 5.75 Å². The monoisotopic (exact) mass is 417 g/mol. The van der Waals surface area contributed by atoms with E-state index in [1.54, 1.807) is 6.07 Å². The lowest BCUT2D eigenvalue weighted by Crippen LogP contribution is -2.20. The van der Waals surface area contributed by atoms with Gasteiger partial charge in [0.05, 0.1) is 22.3 Å². The van der Waals surface area contributed by atoms with E-state index in [1.165, 1.54) is 24.5 Å². The van der Waals surface area contributed by atoms with Crippen LogP contribution in [0.4, 0.5) is 26.0 Å². The average Bonchev–Trinajstić information content (AvgIpc) is 2.64. The Labute approximate surface area is 167 Å². The van der Waals surface area contributed by atoms with Gasteiger partial charge in [-0.3, -0.25) is 4.79 Å². The van der Waals surface area contributed by atoms with Crippen molar-refractivity contribution in [2.75, 3.05) is 23.4 Å². The molecule has 1 saturated heterocycles. The van der Waals surface area contributed by atoms with Crippen LogP contribution in [0, 0.1) is 11.6 Å². The summed E-state index contributed by atoms with van der Waals surface area (Å²) in [4.78, 5) is 19.2. The van der Waals surface area contributed by atoms with E-state index in [4.69, 9.17) is 10.5 Å². The van der Waals surface area contributed by atoms with Crippen LogP contribution in [0.15, 0.2) is 41.0 Å². The number of benzene rings is 2. The highest BCUT2D eigenvalue weighted by Crippen LogP contribution is 2.33. The van der Waals surface area contributed by atoms with Gasteiger partial charge in [-0.2, -0.15) is 0 Å². The Morgan fingerprint density at radius 2 is 2.07 bits per heavy atom. The maximum atomic E-state index is 14.9. The molecule has 0 bridgehead atoms. The SMILES string of the molecule is NC(=O)COc1cc(F)ccc1Nc1ncnc2cc(N=S3CCC3)cc(F)c12. The molecule has 3 N–H and O–H groups in total. The molecule has 2 aromatic carbocycles. The van der Waals surface area contributed by atoms with E-state index in [1.807, 2.05) is 0 Å². The molecule has 10 heteroatoms. The van der Waals surface area contributed by atoms with Gasteiger partial charge in [-0.15, -0.1) is 0 Å². The van der Waals surface area contributed by atoms with Crippen molar-refractivity contribution in [3.05, 3.63) is 48.3 Å². The average molecular weight is 417 g/mol. The molecule has 150 valence electrons. The summed E-state index contributed by atoms with van der Waals surface area (Å²) in [6.45, 7) is -0.427. The third-order valence-electron chi connectivity index (χ3n) is 4.24. The summed E-state index contributed by atoms with van der Waals surface area (Å²) in [6.07, 6.45) is 2.45. The van der Waals surface area contributed by atoms with Crippen LogP contribution in [0.3, 0.4) is 0 Å². The first-order chi connectivity index (χ1) is 14.0. The van der Waals surface area contributed by atoms with Gasteiger partial charge >= 0.3 is 0 Å². The Morgan fingerprint density at radius 3 is 2.79 bits per heavy atom. The summed E-state index contributed by atoms with van der Waals surface area (Å²) in [6, 6.07) is 6.78. The summed E-state index contributed by atoms with van der Waals surface area (Å²) in [5.74, 6) is 0.521. The molecule has 0 atom stereocenters. The third kappa shape index (κ3) is 4.32. The van der Waals surface area contributed by atoms with Gasteiger partial charge in [0.2, 0.25) is 0 Å². The largest absolute Gasteiger partial charge is 0.481 e. The number of nitrogens with one attached hydrogen (secondary N) is 1. The Hall–Kier alpha value is -3.14. The molecule has 0 unspecified atom stereocenters. The van der Waals surface area contributed by atoms with E-state index in [0.717, 1.165) is 24.0 Å². The molecule has 0 saturated carbocycles. The minimum absolute atomic E-state index is 0.0376. The number of carbonyl (C=O) groups is 1. The Balaban J connectivity index is 1.71. The quantitative estimate of drug-likeness (QED) is 0.640. The van der Waals surface area contributed by atoms with Crippen molar-refractivity contribution in [3.63, 3.8) is 0 Å². The fourth-order valence-corrected chi connectivity index (χ4v) is 3.92. The number of hydrogen-bond acceptors (Lipinski definition) is 6. The normalized spacial score (nSPS) is 13.7. The van der Waals surface area contributed by atoms with Crippen molar-refractivity contribution in [2.24, 2.45) is 10.1 Å². The van der Waals surface area contributed by atoms with Crippen molar-refractivity contribution >= 4 is 44.7 Å². The van der Waals surface area contributed by atoms with Crippen molar-refractivity contribution in [1.82, 2.24) is 9.97 Å². The fourth-order valence-electron chi connectivity index (χ4n) is 2.78. The van der Waals surface area contributed by atoms with Gasteiger partial charge in [-0.1, -0.05) is 10.7 Å². The first kappa shape index (κ1) is 19.2. The number of rotatable bonds is 6. The predicted molar refractivity (Wildman–Crippen MR) is 108 cm³/mol. The van der Waals surface area contributed by atoms with Gasteiger partial charge in [0.25, 0.3) is 5.91 Å². The first-order valence-electron chi connectivity index (χ1n) is 8.81. The predicted octanol–water partition coefficient (Wildman–Crippen LogP) is 3.35. The molecule has 0 aliphatic carbocycles. The molecule has 1 aromatic heterocycles. The van der Waals surface area contributed by atoms with E-state index < -0.39 is 24.1 Å². The number of fused-ring (bicyclic) bond motifs is 1. The van der Waals surface area contributed by atoms with Gasteiger partial charge in [-0.05, 0) is 24.6 Å². The van der Waals surface area contributed by atoms with Crippen molar-refractivity contribution in [2.45, 2.75) is 6.42 Å². The number of nitrogens with two attached hydrogens (primary N) is 1. The van der Waals surface area contributed by atoms with Gasteiger partial charge in [0.1, 0.15) is 29.5 Å². The number of amides is 1. The number of aromatic nitrogens is 2. The van der Waals surface area contributed by atoms with Crippen LogP contribution in [-0.4, -0.2) is 34.0 Å². The molecule has 7 nitrogen and oxygen atoms in total. The molecular weight excluding hydrogens is 400 g/mol. The lowest BCUT2D eigenvalue weighted by molar-refractivity contribution is -0.119. The molecular formula is C19H17F2N5O2S. The van der Waals surface area contributed by atoms with Crippen molar-refractivity contribution in [1.29, 1.82) is 0 Å². The number of anilines is 2. The maximum absolute atomic E-state index is 14.9. The number of primary amides is 1. The molecule has 1 amide bonds. The van der Waals surface area contributed by atoms with E-state index in [2.05, 4.69) is 19.6 Å². The number of halogens is 2. The van der Waals surface area contributed by atoms with Gasteiger partial charge in [0, 0.05) is 23.6 Å². The van der Waals surface area contributed by atoms with Crippen LogP contribution in [-0.2, 0) is 15.5 Å². The number of ether oxygens (including phenoxy) is 1. The lowest BCUT2D eigenvalue weighted by atomic mass is 10.2. The van der Waals surface area contributed by atoms with Crippen LogP contribution in [0.5, 0.6) is 5.75 Å². The lowest BCUT2D eigenvalue weighted by Gasteiger charge is -2.16. The zero-order valence-electron chi connectivity index (χ0n) is 15.2. The second kappa shape index (κ2) is 8.08. The van der Waals surface area contributed by atoms with Gasteiger partial charge in [0.15, 0.2) is 6.61 Å². The first-order valence-corrected chi connectivity index (χ1v) is 10.3. The van der Waals surface area contributed by atoms with Crippen LogP contribution >= 0.6 is 0 Å². The molecule has 1 fully saturated rings. The third-order valence-corrected chi connectivity index (χ3v) is 6.22. The topological polar surface area (TPSA) is 102 Å². The number of hydrogen-bond donors (Lipinski definition) is 2. The summed E-state index contributed by atoms with van der Waals surface area (Å²) in [5.41, 5.74) is 6.33. The van der Waals surface area contributed by atoms with E-state index in [9.17, 15) is 13.6 Å². The summed E-state index contributed by atoms with van der Waals surface area (Å²) >= 11 is 0. The summed E-state index contributed by atoms with van der Waals surface area (Å²) in [5, 5.41) is 3.10. The van der Waals surface area contributed by atoms with E-state index in [-0.39, 0.29) is 27.6 Å². The van der Waals surface area contributed by atoms with Crippen LogP contribution in [0.1, 0.15) is 6.42 Å². The van der Waals surface area contributed by atoms with Crippen molar-refractivity contribution < 1.29 is 18.3 Å². The van der Waals surface area contributed by atoms with Crippen LogP contribution in [0.25, 0.3) is 10.9 Å². The Kier molecular flexibility index (Phi) is 5.34. The highest BCUT2D eigenvalue weighted by molar-refractivity contribution is 7.88. The van der Waals surface area contributed by atoms with Crippen LogP contribution < -0.4 is 15.8 Å². The standard InChI is InChI=1S/C19H17F2N5O2S/c20-11-2-3-14(16(6-11)28-9-17(22)27)25-19-18-13(21)7-12(26-29-4-1-5-29)8-15(18)23-10-24-19/h2-3,6-8,10H,1,4-5,9H2,(H2,22,27)(H,23,24,25). The van der Waals surface area contributed by atoms with Gasteiger partial charge in [-0.25, -0.2) is 23.1 Å². The molecule has 1 aliphatic rings. The zero-order chi connectivity index (χ0) is 20.4. The zero-order valence-corrected chi connectivity index (χ0v) is 16.0. The fraction of sp³-hybridized carbons (Fsp3) is 0.211. The minimum Gasteiger partial charge on any atom is -0.481 e.